The van der Waals surface area contributed by atoms with E-state index in [1.54, 1.807) is 0 Å². The van der Waals surface area contributed by atoms with E-state index < -0.39 is 0 Å². The predicted molar refractivity (Wildman–Crippen MR) is 83.7 cm³/mol. The monoisotopic (exact) mass is 276 g/mol. The molecule has 4 nitrogen and oxygen atoms in total. The van der Waals surface area contributed by atoms with E-state index in [1.807, 2.05) is 12.3 Å². The van der Waals surface area contributed by atoms with Crippen molar-refractivity contribution < 1.29 is 0 Å². The van der Waals surface area contributed by atoms with Crippen molar-refractivity contribution in [1.29, 1.82) is 0 Å². The summed E-state index contributed by atoms with van der Waals surface area (Å²) < 4.78 is 0. The number of unbranched alkanes of at least 4 members (excludes halogenated alkanes) is 1. The summed E-state index contributed by atoms with van der Waals surface area (Å²) in [5, 5.41) is 0. The Morgan fingerprint density at radius 1 is 1.00 bits per heavy atom. The molecule has 0 amide bonds. The summed E-state index contributed by atoms with van der Waals surface area (Å²) >= 11 is 0. The van der Waals surface area contributed by atoms with Crippen molar-refractivity contribution in [1.82, 2.24) is 14.8 Å². The van der Waals surface area contributed by atoms with Gasteiger partial charge in [-0.15, -0.1) is 0 Å². The van der Waals surface area contributed by atoms with Crippen molar-refractivity contribution in [3.8, 4) is 0 Å². The van der Waals surface area contributed by atoms with Gasteiger partial charge in [0.1, 0.15) is 0 Å². The van der Waals surface area contributed by atoms with E-state index in [2.05, 4.69) is 26.9 Å². The Kier molecular flexibility index (Phi) is 6.98. The molecule has 0 bridgehead atoms. The largest absolute Gasteiger partial charge is 0.330 e. The molecule has 0 unspecified atom stereocenters. The van der Waals surface area contributed by atoms with Gasteiger partial charge in [0.15, 0.2) is 0 Å². The van der Waals surface area contributed by atoms with E-state index >= 15 is 0 Å². The molecule has 1 aromatic rings. The molecule has 1 aliphatic heterocycles. The summed E-state index contributed by atoms with van der Waals surface area (Å²) in [7, 11) is 0. The minimum Gasteiger partial charge on any atom is -0.330 e. The van der Waals surface area contributed by atoms with Gasteiger partial charge in [0.05, 0.1) is 0 Å². The average molecular weight is 276 g/mol. The minimum atomic E-state index is 0.823. The minimum absolute atomic E-state index is 0.823. The van der Waals surface area contributed by atoms with Crippen molar-refractivity contribution in [2.45, 2.75) is 25.7 Å². The van der Waals surface area contributed by atoms with Crippen LogP contribution in [-0.2, 0) is 6.42 Å². The summed E-state index contributed by atoms with van der Waals surface area (Å²) in [6.45, 7) is 8.02. The molecule has 2 rings (SSSR count). The summed E-state index contributed by atoms with van der Waals surface area (Å²) in [4.78, 5) is 9.58. The number of hydrogen-bond donors (Lipinski definition) is 1. The van der Waals surface area contributed by atoms with E-state index in [-0.39, 0.29) is 0 Å². The first-order chi connectivity index (χ1) is 9.88. The van der Waals surface area contributed by atoms with Crippen molar-refractivity contribution in [2.24, 2.45) is 5.73 Å². The molecule has 1 aliphatic rings. The molecule has 0 saturated carbocycles. The second-order valence-electron chi connectivity index (χ2n) is 5.60. The number of nitrogens with two attached hydrogens (primary N) is 1. The lowest BCUT2D eigenvalue weighted by Gasteiger charge is -2.21. The first-order valence-corrected chi connectivity index (χ1v) is 7.93. The third kappa shape index (κ3) is 5.57. The molecule has 2 heterocycles. The highest BCUT2D eigenvalue weighted by Crippen LogP contribution is 2.06. The number of nitrogens with zero attached hydrogens (tertiary/aromatic N) is 3. The van der Waals surface area contributed by atoms with Gasteiger partial charge < -0.3 is 15.5 Å². The molecular formula is C16H28N4. The normalized spacial score (nSPS) is 18.1. The molecule has 0 atom stereocenters. The van der Waals surface area contributed by atoms with Crippen LogP contribution < -0.4 is 5.73 Å². The molecule has 1 fully saturated rings. The molecular weight excluding hydrogens is 248 g/mol. The first kappa shape index (κ1) is 15.4. The number of aromatic nitrogens is 1. The lowest BCUT2D eigenvalue weighted by molar-refractivity contribution is 0.255. The van der Waals surface area contributed by atoms with Crippen LogP contribution in [0.25, 0.3) is 0 Å². The first-order valence-electron chi connectivity index (χ1n) is 7.93. The fourth-order valence-corrected chi connectivity index (χ4v) is 2.77. The van der Waals surface area contributed by atoms with Crippen LogP contribution in [-0.4, -0.2) is 60.6 Å². The van der Waals surface area contributed by atoms with Crippen LogP contribution in [0.3, 0.4) is 0 Å². The molecule has 0 aliphatic carbocycles. The zero-order valence-electron chi connectivity index (χ0n) is 12.5. The van der Waals surface area contributed by atoms with Gasteiger partial charge in [-0.3, -0.25) is 4.98 Å². The van der Waals surface area contributed by atoms with Crippen LogP contribution in [0.1, 0.15) is 25.0 Å². The van der Waals surface area contributed by atoms with Crippen molar-refractivity contribution in [3.63, 3.8) is 0 Å². The lowest BCUT2D eigenvalue weighted by atomic mass is 10.2. The van der Waals surface area contributed by atoms with Gasteiger partial charge in [-0.1, -0.05) is 6.07 Å². The van der Waals surface area contributed by atoms with Crippen LogP contribution in [0.15, 0.2) is 24.4 Å². The van der Waals surface area contributed by atoms with Crippen molar-refractivity contribution in [2.75, 3.05) is 45.8 Å². The SMILES string of the molecule is NCCCCN1CCCN(CCc2ccccn2)CC1. The van der Waals surface area contributed by atoms with E-state index in [0.717, 1.165) is 25.9 Å². The molecule has 2 N–H and O–H groups in total. The fraction of sp³-hybridized carbons (Fsp3) is 0.688. The number of rotatable bonds is 7. The Bertz CT molecular complexity index is 355. The summed E-state index contributed by atoms with van der Waals surface area (Å²) in [6.07, 6.45) is 6.63. The Balaban J connectivity index is 1.67. The van der Waals surface area contributed by atoms with Gasteiger partial charge in [-0.05, 0) is 57.6 Å². The molecule has 4 heteroatoms. The molecule has 0 spiro atoms. The third-order valence-electron chi connectivity index (χ3n) is 4.02. The highest BCUT2D eigenvalue weighted by Gasteiger charge is 2.14. The van der Waals surface area contributed by atoms with Gasteiger partial charge in [-0.25, -0.2) is 0 Å². The quantitative estimate of drug-likeness (QED) is 0.764. The van der Waals surface area contributed by atoms with E-state index in [4.69, 9.17) is 5.73 Å². The number of hydrogen-bond acceptors (Lipinski definition) is 4. The van der Waals surface area contributed by atoms with Crippen molar-refractivity contribution in [3.05, 3.63) is 30.1 Å². The van der Waals surface area contributed by atoms with Gasteiger partial charge in [0, 0.05) is 37.9 Å². The van der Waals surface area contributed by atoms with Crippen LogP contribution >= 0.6 is 0 Å². The zero-order valence-corrected chi connectivity index (χ0v) is 12.5. The summed E-state index contributed by atoms with van der Waals surface area (Å²) in [5.41, 5.74) is 6.76. The molecule has 0 aromatic carbocycles. The lowest BCUT2D eigenvalue weighted by Crippen LogP contribution is -2.32. The predicted octanol–water partition coefficient (Wildman–Crippen LogP) is 1.37. The second kappa shape index (κ2) is 9.06. The average Bonchev–Trinajstić information content (AvgIpc) is 2.72. The topological polar surface area (TPSA) is 45.4 Å². The second-order valence-corrected chi connectivity index (χ2v) is 5.60. The van der Waals surface area contributed by atoms with Gasteiger partial charge >= 0.3 is 0 Å². The van der Waals surface area contributed by atoms with Crippen LogP contribution in [0.5, 0.6) is 0 Å². The van der Waals surface area contributed by atoms with E-state index in [9.17, 15) is 0 Å². The van der Waals surface area contributed by atoms with Crippen LogP contribution in [0, 0.1) is 0 Å². The Morgan fingerprint density at radius 2 is 1.80 bits per heavy atom. The Morgan fingerprint density at radius 3 is 2.50 bits per heavy atom. The van der Waals surface area contributed by atoms with Crippen LogP contribution in [0.2, 0.25) is 0 Å². The Hall–Kier alpha value is -0.970. The zero-order chi connectivity index (χ0) is 14.0. The molecule has 1 saturated heterocycles. The van der Waals surface area contributed by atoms with Crippen LogP contribution in [0.4, 0.5) is 0 Å². The smallest absolute Gasteiger partial charge is 0.0416 e. The highest BCUT2D eigenvalue weighted by atomic mass is 15.2. The van der Waals surface area contributed by atoms with E-state index in [0.29, 0.717) is 0 Å². The summed E-state index contributed by atoms with van der Waals surface area (Å²) in [6, 6.07) is 6.18. The fourth-order valence-electron chi connectivity index (χ4n) is 2.77. The maximum atomic E-state index is 5.56. The molecule has 0 radical (unpaired) electrons. The maximum Gasteiger partial charge on any atom is 0.0416 e. The maximum absolute atomic E-state index is 5.56. The molecule has 20 heavy (non-hydrogen) atoms. The number of pyridine rings is 1. The van der Waals surface area contributed by atoms with Gasteiger partial charge in [0.25, 0.3) is 0 Å². The van der Waals surface area contributed by atoms with Gasteiger partial charge in [-0.2, -0.15) is 0 Å². The van der Waals surface area contributed by atoms with Gasteiger partial charge in [0.2, 0.25) is 0 Å². The standard InChI is InChI=1S/C16H28N4/c17-8-2-4-10-19-11-5-12-20(15-14-19)13-7-16-6-1-3-9-18-16/h1,3,6,9H,2,4-5,7-8,10-15,17H2. The van der Waals surface area contributed by atoms with Crippen molar-refractivity contribution >= 4 is 0 Å². The highest BCUT2D eigenvalue weighted by molar-refractivity contribution is 5.03. The molecule has 112 valence electrons. The molecule has 1 aromatic heterocycles. The third-order valence-corrected chi connectivity index (χ3v) is 4.02. The van der Waals surface area contributed by atoms with E-state index in [1.165, 1.54) is 51.3 Å². The summed E-state index contributed by atoms with van der Waals surface area (Å²) in [5.74, 6) is 0. The Labute approximate surface area is 123 Å².